The van der Waals surface area contributed by atoms with E-state index in [4.69, 9.17) is 0 Å². The van der Waals surface area contributed by atoms with Crippen LogP contribution in [-0.4, -0.2) is 29.9 Å². The minimum absolute atomic E-state index is 0.0539. The Hall–Kier alpha value is -1.35. The summed E-state index contributed by atoms with van der Waals surface area (Å²) in [5, 5.41) is 3.22. The first kappa shape index (κ1) is 17.0. The second-order valence-corrected chi connectivity index (χ2v) is 7.62. The lowest BCUT2D eigenvalue weighted by Gasteiger charge is -2.27. The number of nitrogens with one attached hydrogen (secondary N) is 1. The third-order valence-corrected chi connectivity index (χ3v) is 4.29. The van der Waals surface area contributed by atoms with Crippen molar-refractivity contribution in [2.45, 2.75) is 59.0 Å². The van der Waals surface area contributed by atoms with Crippen LogP contribution in [-0.2, 0) is 4.79 Å². The van der Waals surface area contributed by atoms with Crippen molar-refractivity contribution in [2.24, 2.45) is 5.41 Å². The average Bonchev–Trinajstić information content (AvgIpc) is 2.87. The fourth-order valence-electron chi connectivity index (χ4n) is 3.33. The minimum Gasteiger partial charge on any atom is -0.352 e. The van der Waals surface area contributed by atoms with Gasteiger partial charge in [0, 0.05) is 31.6 Å². The summed E-state index contributed by atoms with van der Waals surface area (Å²) in [5.74, 6) is 0.187. The van der Waals surface area contributed by atoms with Crippen molar-refractivity contribution in [1.82, 2.24) is 10.2 Å². The molecule has 1 aromatic carbocycles. The third kappa shape index (κ3) is 4.84. The maximum atomic E-state index is 12.1. The van der Waals surface area contributed by atoms with E-state index in [0.29, 0.717) is 18.5 Å². The highest BCUT2D eigenvalue weighted by Gasteiger charge is 2.29. The van der Waals surface area contributed by atoms with Crippen LogP contribution in [0, 0.1) is 5.41 Å². The summed E-state index contributed by atoms with van der Waals surface area (Å²) in [6, 6.07) is 11.5. The van der Waals surface area contributed by atoms with Crippen molar-refractivity contribution in [2.75, 3.05) is 13.1 Å². The number of hydrogen-bond donors (Lipinski definition) is 1. The third-order valence-electron chi connectivity index (χ3n) is 4.29. The number of amides is 1. The molecule has 0 spiro atoms. The molecule has 1 amide bonds. The standard InChI is InChI=1S/C19H30N2O/c1-5-17(15-9-7-6-8-10-15)21-12-11-16(14-21)20-18(22)13-19(2,3)4/h6-10,16-17H,5,11-14H2,1-4H3,(H,20,22)/t16-,17+/m0/s1. The van der Waals surface area contributed by atoms with E-state index < -0.39 is 0 Å². The largest absolute Gasteiger partial charge is 0.352 e. The quantitative estimate of drug-likeness (QED) is 0.898. The van der Waals surface area contributed by atoms with Gasteiger partial charge in [-0.25, -0.2) is 0 Å². The van der Waals surface area contributed by atoms with E-state index >= 15 is 0 Å². The fourth-order valence-corrected chi connectivity index (χ4v) is 3.33. The zero-order valence-electron chi connectivity index (χ0n) is 14.4. The van der Waals surface area contributed by atoms with Crippen molar-refractivity contribution in [3.8, 4) is 0 Å². The van der Waals surface area contributed by atoms with Crippen LogP contribution in [0.3, 0.4) is 0 Å². The Morgan fingerprint density at radius 1 is 1.32 bits per heavy atom. The Kier molecular flexibility index (Phi) is 5.63. The smallest absolute Gasteiger partial charge is 0.220 e. The van der Waals surface area contributed by atoms with E-state index in [1.54, 1.807) is 0 Å². The van der Waals surface area contributed by atoms with Crippen LogP contribution in [0.15, 0.2) is 30.3 Å². The van der Waals surface area contributed by atoms with Crippen LogP contribution < -0.4 is 5.32 Å². The number of carbonyl (C=O) groups excluding carboxylic acids is 1. The van der Waals surface area contributed by atoms with Crippen LogP contribution >= 0.6 is 0 Å². The molecule has 0 unspecified atom stereocenters. The lowest BCUT2D eigenvalue weighted by atomic mass is 9.92. The Bertz CT molecular complexity index is 478. The Morgan fingerprint density at radius 2 is 2.00 bits per heavy atom. The Labute approximate surface area is 135 Å². The van der Waals surface area contributed by atoms with Gasteiger partial charge in [0.2, 0.25) is 5.91 Å². The van der Waals surface area contributed by atoms with E-state index in [0.717, 1.165) is 25.9 Å². The molecule has 2 atom stereocenters. The van der Waals surface area contributed by atoms with Crippen LogP contribution in [0.4, 0.5) is 0 Å². The number of rotatable bonds is 5. The van der Waals surface area contributed by atoms with Crippen LogP contribution in [0.1, 0.15) is 58.6 Å². The molecule has 0 aromatic heterocycles. The lowest BCUT2D eigenvalue weighted by molar-refractivity contribution is -0.123. The van der Waals surface area contributed by atoms with E-state index in [2.05, 4.69) is 68.2 Å². The van der Waals surface area contributed by atoms with Crippen molar-refractivity contribution >= 4 is 5.91 Å². The molecule has 3 heteroatoms. The molecule has 122 valence electrons. The van der Waals surface area contributed by atoms with Crippen molar-refractivity contribution < 1.29 is 4.79 Å². The zero-order valence-corrected chi connectivity index (χ0v) is 14.4. The maximum Gasteiger partial charge on any atom is 0.220 e. The molecule has 0 saturated carbocycles. The first-order chi connectivity index (χ1) is 10.4. The van der Waals surface area contributed by atoms with Gasteiger partial charge in [-0.3, -0.25) is 9.69 Å². The molecule has 2 rings (SSSR count). The maximum absolute atomic E-state index is 12.1. The number of likely N-dealkylation sites (tertiary alicyclic amines) is 1. The van der Waals surface area contributed by atoms with Gasteiger partial charge in [-0.05, 0) is 23.8 Å². The summed E-state index contributed by atoms with van der Waals surface area (Å²) in [6.07, 6.45) is 2.76. The molecule has 0 bridgehead atoms. The summed E-state index contributed by atoms with van der Waals surface area (Å²) in [7, 11) is 0. The van der Waals surface area contributed by atoms with Gasteiger partial charge in [0.15, 0.2) is 0 Å². The predicted molar refractivity (Wildman–Crippen MR) is 91.7 cm³/mol. The van der Waals surface area contributed by atoms with Gasteiger partial charge in [0.1, 0.15) is 0 Å². The van der Waals surface area contributed by atoms with Crippen molar-refractivity contribution in [1.29, 1.82) is 0 Å². The molecule has 22 heavy (non-hydrogen) atoms. The Morgan fingerprint density at radius 3 is 2.59 bits per heavy atom. The lowest BCUT2D eigenvalue weighted by Crippen LogP contribution is -2.39. The molecule has 1 N–H and O–H groups in total. The van der Waals surface area contributed by atoms with Gasteiger partial charge in [-0.2, -0.15) is 0 Å². The van der Waals surface area contributed by atoms with E-state index in [9.17, 15) is 4.79 Å². The molecule has 1 aliphatic rings. The first-order valence-corrected chi connectivity index (χ1v) is 8.47. The van der Waals surface area contributed by atoms with Gasteiger partial charge < -0.3 is 5.32 Å². The number of benzene rings is 1. The van der Waals surface area contributed by atoms with E-state index in [1.165, 1.54) is 5.56 Å². The summed E-state index contributed by atoms with van der Waals surface area (Å²) in [6.45, 7) is 10.6. The highest BCUT2D eigenvalue weighted by Crippen LogP contribution is 2.28. The zero-order chi connectivity index (χ0) is 16.2. The summed E-state index contributed by atoms with van der Waals surface area (Å²) in [5.41, 5.74) is 1.44. The van der Waals surface area contributed by atoms with Gasteiger partial charge in [-0.1, -0.05) is 58.0 Å². The highest BCUT2D eigenvalue weighted by molar-refractivity contribution is 5.76. The second kappa shape index (κ2) is 7.28. The van der Waals surface area contributed by atoms with Crippen molar-refractivity contribution in [3.05, 3.63) is 35.9 Å². The fraction of sp³-hybridized carbons (Fsp3) is 0.632. The first-order valence-electron chi connectivity index (χ1n) is 8.47. The Balaban J connectivity index is 1.90. The molecule has 0 aliphatic carbocycles. The molecule has 1 heterocycles. The molecule has 1 fully saturated rings. The van der Waals surface area contributed by atoms with Crippen LogP contribution in [0.5, 0.6) is 0 Å². The van der Waals surface area contributed by atoms with Crippen LogP contribution in [0.25, 0.3) is 0 Å². The van der Waals surface area contributed by atoms with E-state index in [-0.39, 0.29) is 11.3 Å². The molecule has 3 nitrogen and oxygen atoms in total. The van der Waals surface area contributed by atoms with E-state index in [1.807, 2.05) is 0 Å². The van der Waals surface area contributed by atoms with Gasteiger partial charge in [0.25, 0.3) is 0 Å². The normalized spacial score (nSPS) is 20.8. The number of hydrogen-bond acceptors (Lipinski definition) is 2. The van der Waals surface area contributed by atoms with Gasteiger partial charge >= 0.3 is 0 Å². The molecule has 1 saturated heterocycles. The minimum atomic E-state index is 0.0539. The summed E-state index contributed by atoms with van der Waals surface area (Å²) >= 11 is 0. The van der Waals surface area contributed by atoms with Gasteiger partial charge in [-0.15, -0.1) is 0 Å². The second-order valence-electron chi connectivity index (χ2n) is 7.62. The summed E-state index contributed by atoms with van der Waals surface area (Å²) in [4.78, 5) is 14.6. The average molecular weight is 302 g/mol. The molecular formula is C19H30N2O. The molecule has 1 aliphatic heterocycles. The molecule has 0 radical (unpaired) electrons. The topological polar surface area (TPSA) is 32.3 Å². The van der Waals surface area contributed by atoms with Gasteiger partial charge in [0.05, 0.1) is 0 Å². The summed E-state index contributed by atoms with van der Waals surface area (Å²) < 4.78 is 0. The van der Waals surface area contributed by atoms with Crippen molar-refractivity contribution in [3.63, 3.8) is 0 Å². The number of nitrogens with zero attached hydrogens (tertiary/aromatic N) is 1. The monoisotopic (exact) mass is 302 g/mol. The molecule has 1 aromatic rings. The van der Waals surface area contributed by atoms with Crippen LogP contribution in [0.2, 0.25) is 0 Å². The highest BCUT2D eigenvalue weighted by atomic mass is 16.1. The predicted octanol–water partition coefficient (Wildman–Crippen LogP) is 3.76. The SMILES string of the molecule is CC[C@H](c1ccccc1)N1CC[C@H](NC(=O)CC(C)(C)C)C1. The molecular weight excluding hydrogens is 272 g/mol. The number of carbonyl (C=O) groups is 1.